The van der Waals surface area contributed by atoms with Gasteiger partial charge in [-0.1, -0.05) is 36.0 Å². The molecule has 4 aromatic rings. The first-order chi connectivity index (χ1) is 16.6. The predicted molar refractivity (Wildman–Crippen MR) is 139 cm³/mol. The molecular weight excluding hydrogens is 442 g/mol. The molecule has 2 aliphatic rings. The summed E-state index contributed by atoms with van der Waals surface area (Å²) in [6.45, 7) is 3.06. The predicted octanol–water partition coefficient (Wildman–Crippen LogP) is 5.30. The molecule has 6 heteroatoms. The zero-order chi connectivity index (χ0) is 23.2. The molecule has 1 atom stereocenters. The zero-order valence-corrected chi connectivity index (χ0v) is 20.4. The van der Waals surface area contributed by atoms with E-state index in [4.69, 9.17) is 4.74 Å². The van der Waals surface area contributed by atoms with Crippen LogP contribution in [-0.4, -0.2) is 47.9 Å². The van der Waals surface area contributed by atoms with Crippen molar-refractivity contribution in [1.82, 2.24) is 9.47 Å². The van der Waals surface area contributed by atoms with E-state index >= 15 is 0 Å². The van der Waals surface area contributed by atoms with Crippen molar-refractivity contribution in [3.8, 4) is 5.75 Å². The number of hydrogen-bond donors (Lipinski definition) is 1. The highest BCUT2D eigenvalue weighted by molar-refractivity contribution is 7.99. The smallest absolute Gasteiger partial charge is 0.119 e. The quantitative estimate of drug-likeness (QED) is 0.428. The van der Waals surface area contributed by atoms with Gasteiger partial charge in [-0.05, 0) is 55.1 Å². The molecule has 5 nitrogen and oxygen atoms in total. The summed E-state index contributed by atoms with van der Waals surface area (Å²) in [5.74, 6) is 0.875. The molecule has 0 spiro atoms. The molecule has 1 unspecified atom stereocenters. The van der Waals surface area contributed by atoms with Crippen LogP contribution in [-0.2, 0) is 19.5 Å². The van der Waals surface area contributed by atoms with Gasteiger partial charge in [0.15, 0.2) is 0 Å². The number of anilines is 2. The third-order valence-corrected chi connectivity index (χ3v) is 8.10. The Morgan fingerprint density at radius 1 is 0.971 bits per heavy atom. The number of β-amino-alcohol motifs (C(OH)–C–C–N with tert-alkyl or cyclic N) is 1. The molecule has 1 N–H and O–H groups in total. The van der Waals surface area contributed by atoms with Gasteiger partial charge in [0, 0.05) is 45.9 Å². The molecule has 2 aliphatic heterocycles. The Morgan fingerprint density at radius 2 is 1.68 bits per heavy atom. The van der Waals surface area contributed by atoms with Gasteiger partial charge in [-0.15, -0.1) is 0 Å². The fraction of sp³-hybridized carbons (Fsp3) is 0.286. The number of nitrogens with zero attached hydrogens (tertiary/aromatic N) is 3. The average molecular weight is 472 g/mol. The Morgan fingerprint density at radius 3 is 2.38 bits per heavy atom. The minimum Gasteiger partial charge on any atom is -0.497 e. The molecule has 1 aromatic heterocycles. The summed E-state index contributed by atoms with van der Waals surface area (Å²) >= 11 is 1.80. The molecule has 174 valence electrons. The van der Waals surface area contributed by atoms with E-state index in [1.807, 2.05) is 6.07 Å². The van der Waals surface area contributed by atoms with E-state index in [-0.39, 0.29) is 0 Å². The molecule has 3 heterocycles. The summed E-state index contributed by atoms with van der Waals surface area (Å²) in [7, 11) is 3.89. The molecule has 0 aliphatic carbocycles. The fourth-order valence-corrected chi connectivity index (χ4v) is 6.45. The molecule has 0 bridgehead atoms. The zero-order valence-electron chi connectivity index (χ0n) is 19.6. The number of likely N-dealkylation sites (N-methyl/N-ethyl adjacent to an activating group) is 1. The van der Waals surface area contributed by atoms with Crippen LogP contribution >= 0.6 is 11.8 Å². The number of rotatable bonds is 5. The van der Waals surface area contributed by atoms with Crippen molar-refractivity contribution in [2.75, 3.05) is 32.1 Å². The van der Waals surface area contributed by atoms with Gasteiger partial charge in [-0.3, -0.25) is 0 Å². The van der Waals surface area contributed by atoms with Crippen LogP contribution in [0.4, 0.5) is 11.4 Å². The van der Waals surface area contributed by atoms with E-state index in [2.05, 4.69) is 82.1 Å². The highest BCUT2D eigenvalue weighted by Crippen LogP contribution is 2.47. The van der Waals surface area contributed by atoms with E-state index in [0.29, 0.717) is 13.1 Å². The van der Waals surface area contributed by atoms with Crippen LogP contribution in [0.15, 0.2) is 76.5 Å². The molecule has 0 radical (unpaired) electrons. The summed E-state index contributed by atoms with van der Waals surface area (Å²) in [4.78, 5) is 7.10. The number of aromatic nitrogens is 1. The first-order valence-electron chi connectivity index (χ1n) is 11.8. The van der Waals surface area contributed by atoms with Gasteiger partial charge in [0.2, 0.25) is 0 Å². The Balaban J connectivity index is 1.35. The van der Waals surface area contributed by atoms with Crippen molar-refractivity contribution in [2.45, 2.75) is 35.4 Å². The van der Waals surface area contributed by atoms with Crippen LogP contribution in [0.2, 0.25) is 0 Å². The van der Waals surface area contributed by atoms with Gasteiger partial charge in [-0.2, -0.15) is 0 Å². The number of fused-ring (bicyclic) bond motifs is 5. The number of hydrogen-bond acceptors (Lipinski definition) is 5. The van der Waals surface area contributed by atoms with Crippen LogP contribution < -0.4 is 9.64 Å². The topological polar surface area (TPSA) is 40.9 Å². The fourth-order valence-electron chi connectivity index (χ4n) is 5.36. The molecule has 0 saturated heterocycles. The standard InChI is InChI=1S/C28H29N3O2S/c1-29-14-13-24-22(18-29)21-15-20(33-2)11-12-23(21)30(24)16-19(32)17-31-25-7-3-5-9-27(25)34-28-10-6-4-8-26(28)31/h3-12,15,19,32H,13-14,16-18H2,1-2H3. The van der Waals surface area contributed by atoms with Crippen LogP contribution in [0, 0.1) is 0 Å². The van der Waals surface area contributed by atoms with Gasteiger partial charge < -0.3 is 24.2 Å². The van der Waals surface area contributed by atoms with Gasteiger partial charge in [0.25, 0.3) is 0 Å². The van der Waals surface area contributed by atoms with E-state index in [9.17, 15) is 5.11 Å². The van der Waals surface area contributed by atoms with E-state index < -0.39 is 6.10 Å². The van der Waals surface area contributed by atoms with Crippen molar-refractivity contribution in [3.05, 3.63) is 78.0 Å². The minimum absolute atomic E-state index is 0.523. The van der Waals surface area contributed by atoms with Gasteiger partial charge >= 0.3 is 0 Å². The van der Waals surface area contributed by atoms with Gasteiger partial charge in [0.05, 0.1) is 37.7 Å². The first-order valence-corrected chi connectivity index (χ1v) is 12.6. The summed E-state index contributed by atoms with van der Waals surface area (Å²) in [5.41, 5.74) is 6.21. The second-order valence-electron chi connectivity index (χ2n) is 9.21. The van der Waals surface area contributed by atoms with Crippen molar-refractivity contribution in [3.63, 3.8) is 0 Å². The van der Waals surface area contributed by atoms with Crippen LogP contribution in [0.5, 0.6) is 5.75 Å². The van der Waals surface area contributed by atoms with Crippen molar-refractivity contribution < 1.29 is 9.84 Å². The second kappa shape index (κ2) is 8.69. The maximum atomic E-state index is 11.4. The lowest BCUT2D eigenvalue weighted by Gasteiger charge is -2.34. The molecular formula is C28H29N3O2S. The average Bonchev–Trinajstić information content (AvgIpc) is 3.15. The number of para-hydroxylation sites is 2. The monoisotopic (exact) mass is 471 g/mol. The summed E-state index contributed by atoms with van der Waals surface area (Å²) < 4.78 is 7.86. The normalized spacial score (nSPS) is 16.1. The summed E-state index contributed by atoms with van der Waals surface area (Å²) in [6.07, 6.45) is 0.465. The molecule has 6 rings (SSSR count). The highest BCUT2D eigenvalue weighted by atomic mass is 32.2. The summed E-state index contributed by atoms with van der Waals surface area (Å²) in [6, 6.07) is 23.2. The molecule has 0 amide bonds. The lowest BCUT2D eigenvalue weighted by Crippen LogP contribution is -2.34. The number of benzene rings is 3. The number of methoxy groups -OCH3 is 1. The van der Waals surface area contributed by atoms with Gasteiger partial charge in [-0.25, -0.2) is 0 Å². The van der Waals surface area contributed by atoms with Gasteiger partial charge in [0.1, 0.15) is 5.75 Å². The molecule has 0 saturated carbocycles. The number of ether oxygens (including phenoxy) is 1. The SMILES string of the molecule is COc1ccc2c(c1)c1c(n2CC(O)CN2c3ccccc3Sc3ccccc32)CCN(C)C1. The van der Waals surface area contributed by atoms with Crippen molar-refractivity contribution in [1.29, 1.82) is 0 Å². The minimum atomic E-state index is -0.523. The van der Waals surface area contributed by atoms with E-state index in [1.165, 1.54) is 32.0 Å². The molecule has 0 fully saturated rings. The maximum Gasteiger partial charge on any atom is 0.119 e. The molecule has 34 heavy (non-hydrogen) atoms. The van der Waals surface area contributed by atoms with E-state index in [1.54, 1.807) is 18.9 Å². The lowest BCUT2D eigenvalue weighted by molar-refractivity contribution is 0.161. The van der Waals surface area contributed by atoms with Crippen molar-refractivity contribution >= 4 is 34.0 Å². The van der Waals surface area contributed by atoms with Crippen LogP contribution in [0.3, 0.4) is 0 Å². The number of aliphatic hydroxyl groups is 1. The third kappa shape index (κ3) is 3.66. The molecule has 3 aromatic carbocycles. The highest BCUT2D eigenvalue weighted by Gasteiger charge is 2.27. The Kier molecular flexibility index (Phi) is 5.52. The Bertz CT molecular complexity index is 1320. The van der Waals surface area contributed by atoms with E-state index in [0.717, 1.165) is 36.6 Å². The number of aliphatic hydroxyl groups excluding tert-OH is 1. The third-order valence-electron chi connectivity index (χ3n) is 6.97. The largest absolute Gasteiger partial charge is 0.497 e. The van der Waals surface area contributed by atoms with Crippen molar-refractivity contribution in [2.24, 2.45) is 0 Å². The van der Waals surface area contributed by atoms with Crippen LogP contribution in [0.25, 0.3) is 10.9 Å². The maximum absolute atomic E-state index is 11.4. The Labute approximate surface area is 204 Å². The lowest BCUT2D eigenvalue weighted by atomic mass is 10.0. The van der Waals surface area contributed by atoms with Crippen LogP contribution in [0.1, 0.15) is 11.3 Å². The summed E-state index contributed by atoms with van der Waals surface area (Å²) in [5, 5.41) is 12.7. The second-order valence-corrected chi connectivity index (χ2v) is 10.3. The Hall–Kier alpha value is -2.93. The first kappa shape index (κ1) is 21.6.